The van der Waals surface area contributed by atoms with Crippen molar-refractivity contribution < 1.29 is 19.0 Å². The minimum atomic E-state index is -0.594. The average molecular weight is 560 g/mol. The Labute approximate surface area is 231 Å². The number of halogens is 2. The highest BCUT2D eigenvalue weighted by atomic mass is 35.5. The lowest BCUT2D eigenvalue weighted by Gasteiger charge is -2.28. The number of aromatic nitrogens is 3. The second kappa shape index (κ2) is 10.7. The van der Waals surface area contributed by atoms with Crippen LogP contribution in [-0.4, -0.2) is 45.3 Å². The topological polar surface area (TPSA) is 103 Å². The molecular formula is C27H31Cl2N5O4. The summed E-state index contributed by atoms with van der Waals surface area (Å²) in [6, 6.07) is 3.52. The van der Waals surface area contributed by atoms with E-state index in [1.54, 1.807) is 6.07 Å². The Morgan fingerprint density at radius 2 is 2.13 bits per heavy atom. The van der Waals surface area contributed by atoms with Crippen LogP contribution in [0, 0.1) is 11.3 Å². The summed E-state index contributed by atoms with van der Waals surface area (Å²) in [5, 5.41) is 18.3. The van der Waals surface area contributed by atoms with Crippen molar-refractivity contribution in [2.45, 2.75) is 77.3 Å². The lowest BCUT2D eigenvalue weighted by molar-refractivity contribution is -0.0394. The van der Waals surface area contributed by atoms with Crippen molar-refractivity contribution in [3.63, 3.8) is 0 Å². The zero-order chi connectivity index (χ0) is 27.0. The standard InChI is InChI=1S/C27H31Cl2N5O4/c1-27(2,3)38-26(35)32-17-7-8-19-22(16-13-31-34(14-16)21-6-4-5-10-37-21)23-20(36-11-9-30)12-18(28)24(29)25(23)33(19)15-17/h12-14,17,21H,4-8,10-11,15H2,1-3H3,(H,32,35). The van der Waals surface area contributed by atoms with Gasteiger partial charge in [-0.05, 0) is 52.9 Å². The summed E-state index contributed by atoms with van der Waals surface area (Å²) < 4.78 is 21.2. The van der Waals surface area contributed by atoms with E-state index in [4.69, 9.17) is 37.4 Å². The lowest BCUT2D eigenvalue weighted by Crippen LogP contribution is -2.43. The zero-order valence-electron chi connectivity index (χ0n) is 21.7. The third-order valence-electron chi connectivity index (χ3n) is 6.78. The first-order valence-electron chi connectivity index (χ1n) is 12.8. The predicted molar refractivity (Wildman–Crippen MR) is 145 cm³/mol. The van der Waals surface area contributed by atoms with E-state index >= 15 is 0 Å². The second-order valence-electron chi connectivity index (χ2n) is 10.7. The Hall–Kier alpha value is -2.93. The molecule has 0 bridgehead atoms. The van der Waals surface area contributed by atoms with Gasteiger partial charge in [-0.3, -0.25) is 0 Å². The molecule has 0 radical (unpaired) electrons. The van der Waals surface area contributed by atoms with Gasteiger partial charge < -0.3 is 24.1 Å². The van der Waals surface area contributed by atoms with Crippen molar-refractivity contribution in [2.24, 2.45) is 0 Å². The number of nitrogens with zero attached hydrogens (tertiary/aromatic N) is 4. The first-order valence-corrected chi connectivity index (χ1v) is 13.6. The first kappa shape index (κ1) is 26.7. The molecule has 1 amide bonds. The van der Waals surface area contributed by atoms with Crippen molar-refractivity contribution in [1.29, 1.82) is 5.26 Å². The molecular weight excluding hydrogens is 529 g/mol. The molecule has 0 saturated carbocycles. The molecule has 11 heteroatoms. The number of hydrogen-bond donors (Lipinski definition) is 1. The highest BCUT2D eigenvalue weighted by molar-refractivity contribution is 6.45. The molecule has 1 fully saturated rings. The van der Waals surface area contributed by atoms with Gasteiger partial charge in [0.1, 0.15) is 23.6 Å². The van der Waals surface area contributed by atoms with Crippen LogP contribution in [0.15, 0.2) is 18.5 Å². The van der Waals surface area contributed by atoms with Gasteiger partial charge in [0.2, 0.25) is 0 Å². The fraction of sp³-hybridized carbons (Fsp3) is 0.519. The molecule has 3 aromatic rings. The number of alkyl carbamates (subject to hydrolysis) is 1. The Bertz CT molecular complexity index is 1400. The van der Waals surface area contributed by atoms with Crippen molar-refractivity contribution >= 4 is 40.2 Å². The smallest absolute Gasteiger partial charge is 0.407 e. The average Bonchev–Trinajstić information content (AvgIpc) is 3.48. The number of nitrogens with one attached hydrogen (secondary N) is 1. The van der Waals surface area contributed by atoms with Crippen LogP contribution in [0.3, 0.4) is 0 Å². The van der Waals surface area contributed by atoms with Crippen LogP contribution in [0.25, 0.3) is 22.0 Å². The highest BCUT2D eigenvalue weighted by Gasteiger charge is 2.32. The van der Waals surface area contributed by atoms with E-state index in [2.05, 4.69) is 15.0 Å². The molecule has 2 aliphatic rings. The molecule has 1 saturated heterocycles. The highest BCUT2D eigenvalue weighted by Crippen LogP contribution is 2.47. The molecule has 2 aliphatic heterocycles. The van der Waals surface area contributed by atoms with Gasteiger partial charge in [-0.2, -0.15) is 10.4 Å². The summed E-state index contributed by atoms with van der Waals surface area (Å²) in [6.45, 7) is 6.56. The van der Waals surface area contributed by atoms with Gasteiger partial charge in [0, 0.05) is 42.2 Å². The van der Waals surface area contributed by atoms with Crippen LogP contribution in [0.1, 0.15) is 58.4 Å². The normalized spacial score (nSPS) is 19.6. The van der Waals surface area contributed by atoms with E-state index in [0.717, 1.165) is 48.1 Å². The number of ether oxygens (including phenoxy) is 3. The van der Waals surface area contributed by atoms with Crippen molar-refractivity contribution in [3.05, 3.63) is 34.2 Å². The first-order chi connectivity index (χ1) is 18.2. The third kappa shape index (κ3) is 5.31. The quantitative estimate of drug-likeness (QED) is 0.396. The number of amides is 1. The van der Waals surface area contributed by atoms with Crippen LogP contribution in [0.5, 0.6) is 5.75 Å². The summed E-state index contributed by atoms with van der Waals surface area (Å²) in [4.78, 5) is 12.5. The van der Waals surface area contributed by atoms with Gasteiger partial charge in [0.15, 0.2) is 6.61 Å². The van der Waals surface area contributed by atoms with E-state index in [1.807, 2.05) is 43.9 Å². The molecule has 0 spiro atoms. The zero-order valence-corrected chi connectivity index (χ0v) is 23.2. The molecule has 2 unspecified atom stereocenters. The third-order valence-corrected chi connectivity index (χ3v) is 7.56. The molecule has 4 heterocycles. The summed E-state index contributed by atoms with van der Waals surface area (Å²) in [5.74, 6) is 0.478. The Kier molecular flexibility index (Phi) is 7.49. The van der Waals surface area contributed by atoms with Crippen LogP contribution in [0.4, 0.5) is 4.79 Å². The number of fused-ring (bicyclic) bond motifs is 3. The van der Waals surface area contributed by atoms with E-state index in [0.29, 0.717) is 40.7 Å². The van der Waals surface area contributed by atoms with Crippen LogP contribution in [-0.2, 0) is 22.4 Å². The van der Waals surface area contributed by atoms with E-state index in [-0.39, 0.29) is 18.9 Å². The largest absolute Gasteiger partial charge is 0.478 e. The van der Waals surface area contributed by atoms with Crippen molar-refractivity contribution in [3.8, 4) is 22.9 Å². The lowest BCUT2D eigenvalue weighted by atomic mass is 9.98. The van der Waals surface area contributed by atoms with E-state index < -0.39 is 11.7 Å². The number of hydrogen-bond acceptors (Lipinski definition) is 6. The number of benzene rings is 1. The fourth-order valence-electron chi connectivity index (χ4n) is 5.27. The summed E-state index contributed by atoms with van der Waals surface area (Å²) in [5.41, 5.74) is 2.98. The maximum absolute atomic E-state index is 12.5. The molecule has 1 N–H and O–H groups in total. The van der Waals surface area contributed by atoms with Crippen LogP contribution >= 0.6 is 23.2 Å². The summed E-state index contributed by atoms with van der Waals surface area (Å²) in [7, 11) is 0. The Morgan fingerprint density at radius 1 is 1.32 bits per heavy atom. The van der Waals surface area contributed by atoms with Crippen molar-refractivity contribution in [2.75, 3.05) is 13.2 Å². The molecule has 1 aromatic carbocycles. The minimum absolute atomic E-state index is 0.100. The monoisotopic (exact) mass is 559 g/mol. The van der Waals surface area contributed by atoms with E-state index in [1.165, 1.54) is 0 Å². The Balaban J connectivity index is 1.60. The van der Waals surface area contributed by atoms with Gasteiger partial charge in [0.25, 0.3) is 0 Å². The SMILES string of the molecule is CC(C)(C)OC(=O)NC1CCc2c(-c3cnn(C4CCCCO4)c3)c3c(OCC#N)cc(Cl)c(Cl)c3n2C1. The maximum atomic E-state index is 12.5. The number of carbonyl (C=O) groups is 1. The summed E-state index contributed by atoms with van der Waals surface area (Å²) >= 11 is 13.3. The van der Waals surface area contributed by atoms with Gasteiger partial charge in [-0.1, -0.05) is 23.2 Å². The molecule has 5 rings (SSSR count). The maximum Gasteiger partial charge on any atom is 0.407 e. The Morgan fingerprint density at radius 3 is 2.84 bits per heavy atom. The molecule has 38 heavy (non-hydrogen) atoms. The predicted octanol–water partition coefficient (Wildman–Crippen LogP) is 6.25. The van der Waals surface area contributed by atoms with E-state index in [9.17, 15) is 10.1 Å². The number of carbonyl (C=O) groups excluding carboxylic acids is 1. The van der Waals surface area contributed by atoms with Gasteiger partial charge in [0.05, 0.1) is 33.2 Å². The molecule has 2 aromatic heterocycles. The van der Waals surface area contributed by atoms with Crippen LogP contribution in [0.2, 0.25) is 10.0 Å². The molecule has 0 aliphatic carbocycles. The minimum Gasteiger partial charge on any atom is -0.478 e. The number of nitriles is 1. The van der Waals surface area contributed by atoms with Gasteiger partial charge in [-0.25, -0.2) is 9.48 Å². The van der Waals surface area contributed by atoms with Crippen LogP contribution < -0.4 is 10.1 Å². The second-order valence-corrected chi connectivity index (χ2v) is 11.5. The fourth-order valence-corrected chi connectivity index (χ4v) is 5.71. The van der Waals surface area contributed by atoms with Gasteiger partial charge >= 0.3 is 6.09 Å². The van der Waals surface area contributed by atoms with Gasteiger partial charge in [-0.15, -0.1) is 0 Å². The molecule has 202 valence electrons. The molecule has 9 nitrogen and oxygen atoms in total. The van der Waals surface area contributed by atoms with Crippen molar-refractivity contribution in [1.82, 2.24) is 19.7 Å². The number of rotatable bonds is 5. The summed E-state index contributed by atoms with van der Waals surface area (Å²) in [6.07, 6.45) is 7.70. The molecule has 2 atom stereocenters.